The van der Waals surface area contributed by atoms with Crippen molar-refractivity contribution in [1.29, 1.82) is 0 Å². The summed E-state index contributed by atoms with van der Waals surface area (Å²) in [5.74, 6) is 0.150. The Balaban J connectivity index is 0. The number of hydrogen-bond donors (Lipinski definition) is 2. The molecular formula is C8H9NaO6S. The van der Waals surface area contributed by atoms with E-state index in [-0.39, 0.29) is 35.5 Å². The summed E-state index contributed by atoms with van der Waals surface area (Å²) < 4.78 is 36.3. The average molecular weight is 256 g/mol. The van der Waals surface area contributed by atoms with E-state index >= 15 is 0 Å². The first-order valence-corrected chi connectivity index (χ1v) is 5.04. The number of ether oxygens (including phenoxy) is 1. The molecule has 8 heteroatoms. The minimum Gasteiger partial charge on any atom is -0.454 e. The predicted molar refractivity (Wildman–Crippen MR) is 50.8 cm³/mol. The van der Waals surface area contributed by atoms with Gasteiger partial charge in [-0.3, -0.25) is 13.9 Å². The molecule has 0 aliphatic heterocycles. The molecule has 0 saturated carbocycles. The van der Waals surface area contributed by atoms with Crippen molar-refractivity contribution in [2.24, 2.45) is 0 Å². The van der Waals surface area contributed by atoms with Gasteiger partial charge in [-0.2, -0.15) is 26.6 Å². The molecule has 0 unspecified atom stereocenters. The monoisotopic (exact) mass is 256 g/mol. The summed E-state index contributed by atoms with van der Waals surface area (Å²) in [6.45, 7) is 1.36. The van der Waals surface area contributed by atoms with E-state index in [2.05, 4.69) is 6.07 Å². The fourth-order valence-corrected chi connectivity index (χ4v) is 0.595. The summed E-state index contributed by atoms with van der Waals surface area (Å²) in [5.41, 5.74) is 0. The van der Waals surface area contributed by atoms with Crippen molar-refractivity contribution >= 4 is 16.4 Å². The molecule has 0 atom stereocenters. The molecule has 0 radical (unpaired) electrons. The normalized spacial score (nSPS) is 9.19. The molecular weight excluding hydrogens is 247 g/mol. The van der Waals surface area contributed by atoms with Crippen molar-refractivity contribution in [2.75, 3.05) is 0 Å². The number of carbonyl (C=O) groups excluding carboxylic acids is 1. The van der Waals surface area contributed by atoms with E-state index in [9.17, 15) is 4.79 Å². The smallest absolute Gasteiger partial charge is 0.454 e. The van der Waals surface area contributed by atoms with E-state index in [0.29, 0.717) is 5.75 Å². The van der Waals surface area contributed by atoms with Gasteiger partial charge >= 0.3 is 45.9 Å². The Hall–Kier alpha value is -0.440. The van der Waals surface area contributed by atoms with Crippen LogP contribution in [0.15, 0.2) is 24.3 Å². The Morgan fingerprint density at radius 2 is 1.88 bits per heavy atom. The van der Waals surface area contributed by atoms with Gasteiger partial charge in [-0.05, 0) is 0 Å². The largest absolute Gasteiger partial charge is 1.00 e. The third kappa shape index (κ3) is 16.0. The third-order valence-electron chi connectivity index (χ3n) is 0.934. The Kier molecular flexibility index (Phi) is 9.73. The molecule has 2 N–H and O–H groups in total. The van der Waals surface area contributed by atoms with Crippen LogP contribution < -0.4 is 34.3 Å². The van der Waals surface area contributed by atoms with Crippen LogP contribution in [-0.2, 0) is 15.2 Å². The molecule has 0 bridgehead atoms. The number of esters is 1. The van der Waals surface area contributed by atoms with E-state index in [4.69, 9.17) is 22.3 Å². The van der Waals surface area contributed by atoms with E-state index in [1.807, 2.05) is 6.07 Å². The zero-order valence-electron chi connectivity index (χ0n) is 8.75. The van der Waals surface area contributed by atoms with Crippen molar-refractivity contribution in [1.82, 2.24) is 0 Å². The van der Waals surface area contributed by atoms with Gasteiger partial charge in [-0.15, -0.1) is 12.1 Å². The summed E-state index contributed by atoms with van der Waals surface area (Å²) >= 11 is 0. The molecule has 0 fully saturated rings. The molecule has 6 nitrogen and oxygen atoms in total. The molecule has 0 saturated heterocycles. The van der Waals surface area contributed by atoms with Gasteiger partial charge in [-0.25, -0.2) is 0 Å². The Morgan fingerprint density at radius 1 is 1.38 bits per heavy atom. The van der Waals surface area contributed by atoms with Crippen LogP contribution in [0.3, 0.4) is 0 Å². The van der Waals surface area contributed by atoms with Crippen LogP contribution in [-0.4, -0.2) is 23.5 Å². The van der Waals surface area contributed by atoms with Gasteiger partial charge in [-0.1, -0.05) is 0 Å². The Labute approximate surface area is 115 Å². The number of carbonyl (C=O) groups is 1. The van der Waals surface area contributed by atoms with Crippen LogP contribution in [0.4, 0.5) is 0 Å². The van der Waals surface area contributed by atoms with Crippen LogP contribution in [0, 0.1) is 6.07 Å². The van der Waals surface area contributed by atoms with E-state index in [1.165, 1.54) is 6.92 Å². The van der Waals surface area contributed by atoms with Crippen molar-refractivity contribution in [3.05, 3.63) is 30.3 Å². The minimum absolute atomic E-state index is 0. The Bertz CT molecular complexity index is 394. The van der Waals surface area contributed by atoms with Gasteiger partial charge in [0.15, 0.2) is 0 Å². The van der Waals surface area contributed by atoms with Gasteiger partial charge in [0.25, 0.3) is 0 Å². The first kappa shape index (κ1) is 17.9. The van der Waals surface area contributed by atoms with Crippen molar-refractivity contribution < 1.29 is 56.6 Å². The number of rotatable bonds is 1. The maximum atomic E-state index is 10.4. The minimum atomic E-state index is -4.67. The van der Waals surface area contributed by atoms with Crippen LogP contribution in [0.1, 0.15) is 6.92 Å². The summed E-state index contributed by atoms with van der Waals surface area (Å²) in [7, 11) is -4.67. The summed E-state index contributed by atoms with van der Waals surface area (Å²) in [5, 5.41) is 0. The maximum Gasteiger partial charge on any atom is 1.00 e. The zero-order chi connectivity index (χ0) is 11.9. The van der Waals surface area contributed by atoms with Crippen LogP contribution in [0.25, 0.3) is 0 Å². The molecule has 1 rings (SSSR count). The summed E-state index contributed by atoms with van der Waals surface area (Å²) in [4.78, 5) is 10.4. The van der Waals surface area contributed by atoms with Crippen LogP contribution in [0.5, 0.6) is 5.75 Å². The molecule has 0 aliphatic rings. The van der Waals surface area contributed by atoms with Gasteiger partial charge in [0.2, 0.25) is 0 Å². The molecule has 0 aromatic heterocycles. The molecule has 0 spiro atoms. The van der Waals surface area contributed by atoms with Crippen LogP contribution >= 0.6 is 0 Å². The number of hydrogen-bond acceptors (Lipinski definition) is 4. The molecule has 16 heavy (non-hydrogen) atoms. The van der Waals surface area contributed by atoms with E-state index < -0.39 is 10.4 Å². The zero-order valence-corrected chi connectivity index (χ0v) is 11.6. The second-order valence-corrected chi connectivity index (χ2v) is 3.16. The molecule has 0 heterocycles. The van der Waals surface area contributed by atoms with Crippen molar-refractivity contribution in [3.8, 4) is 5.75 Å². The van der Waals surface area contributed by atoms with Crippen molar-refractivity contribution in [2.45, 2.75) is 6.92 Å². The number of benzene rings is 1. The average Bonchev–Trinajstić information content (AvgIpc) is 2.01. The second kappa shape index (κ2) is 8.68. The quantitative estimate of drug-likeness (QED) is 0.194. The van der Waals surface area contributed by atoms with Gasteiger partial charge < -0.3 is 4.74 Å². The van der Waals surface area contributed by atoms with E-state index in [1.54, 1.807) is 18.2 Å². The second-order valence-electron chi connectivity index (χ2n) is 2.27. The summed E-state index contributed by atoms with van der Waals surface area (Å²) in [6, 6.07) is 9.73. The standard InChI is InChI=1S/C8H7O2.Na.H2O4S/c1-7(9)10-8-5-3-2-4-6-8;;1-5(2,3)4/h2-5H,1H3;;(H2,1,2,3,4)/q-1;+1;. The predicted octanol–water partition coefficient (Wildman–Crippen LogP) is -2.24. The first-order chi connectivity index (χ1) is 6.79. The third-order valence-corrected chi connectivity index (χ3v) is 0.934. The van der Waals surface area contributed by atoms with Gasteiger partial charge in [0.05, 0.1) is 0 Å². The van der Waals surface area contributed by atoms with Crippen molar-refractivity contribution in [3.63, 3.8) is 0 Å². The van der Waals surface area contributed by atoms with E-state index in [0.717, 1.165) is 0 Å². The Morgan fingerprint density at radius 3 is 2.19 bits per heavy atom. The topological polar surface area (TPSA) is 101 Å². The van der Waals surface area contributed by atoms with Gasteiger partial charge in [0.1, 0.15) is 0 Å². The fourth-order valence-electron chi connectivity index (χ4n) is 0.595. The van der Waals surface area contributed by atoms with Crippen LogP contribution in [0.2, 0.25) is 0 Å². The molecule has 1 aromatic rings. The maximum absolute atomic E-state index is 10.4. The fraction of sp³-hybridized carbons (Fsp3) is 0.125. The first-order valence-electron chi connectivity index (χ1n) is 3.64. The summed E-state index contributed by atoms with van der Waals surface area (Å²) in [6.07, 6.45) is 0. The molecule has 84 valence electrons. The SMILES string of the molecule is CC(=O)Oc1[c-]cccc1.O=S(=O)(O)O.[Na+]. The molecule has 0 aliphatic carbocycles. The number of para-hydroxylation sites is 1. The molecule has 1 aromatic carbocycles. The molecule has 0 amide bonds. The van der Waals surface area contributed by atoms with Gasteiger partial charge in [0, 0.05) is 12.7 Å².